The average Bonchev–Trinajstić information content (AvgIpc) is 2.40. The van der Waals surface area contributed by atoms with Gasteiger partial charge in [0.2, 0.25) is 0 Å². The van der Waals surface area contributed by atoms with Crippen LogP contribution in [0.2, 0.25) is 0 Å². The summed E-state index contributed by atoms with van der Waals surface area (Å²) >= 11 is 3.38. The number of hydrogen-bond donors (Lipinski definition) is 1. The topological polar surface area (TPSA) is 29.1 Å². The second-order valence-corrected chi connectivity index (χ2v) is 5.51. The summed E-state index contributed by atoms with van der Waals surface area (Å²) in [5.74, 6) is -1.45. The molecule has 0 fully saturated rings. The van der Waals surface area contributed by atoms with Gasteiger partial charge < -0.3 is 5.32 Å². The minimum absolute atomic E-state index is 0.220. The number of nitrogens with one attached hydrogen (secondary N) is 1. The molecule has 1 N–H and O–H groups in total. The highest BCUT2D eigenvalue weighted by atomic mass is 79.9. The first kappa shape index (κ1) is 15.6. The molecule has 0 saturated heterocycles. The van der Waals surface area contributed by atoms with Crippen molar-refractivity contribution in [2.45, 2.75) is 13.3 Å². The van der Waals surface area contributed by atoms with Gasteiger partial charge in [0, 0.05) is 17.1 Å². The van der Waals surface area contributed by atoms with Crippen LogP contribution in [0.4, 0.5) is 8.78 Å². The lowest BCUT2D eigenvalue weighted by Crippen LogP contribution is -2.26. The van der Waals surface area contributed by atoms with Gasteiger partial charge in [-0.15, -0.1) is 0 Å². The molecule has 0 radical (unpaired) electrons. The molecule has 0 aliphatic carbocycles. The molecule has 2 rings (SSSR count). The Morgan fingerprint density at radius 1 is 1.19 bits per heavy atom. The molecule has 0 spiro atoms. The van der Waals surface area contributed by atoms with E-state index in [1.54, 1.807) is 12.1 Å². The van der Waals surface area contributed by atoms with E-state index in [4.69, 9.17) is 0 Å². The van der Waals surface area contributed by atoms with E-state index in [2.05, 4.69) is 21.2 Å². The van der Waals surface area contributed by atoms with Crippen molar-refractivity contribution in [1.82, 2.24) is 5.32 Å². The number of benzene rings is 2. The Balaban J connectivity index is 1.97. The van der Waals surface area contributed by atoms with Gasteiger partial charge in [-0.2, -0.15) is 0 Å². The molecule has 0 heterocycles. The molecule has 2 nitrogen and oxygen atoms in total. The molecule has 1 amide bonds. The summed E-state index contributed by atoms with van der Waals surface area (Å²) in [6.45, 7) is 2.21. The first-order valence-electron chi connectivity index (χ1n) is 6.45. The molecule has 0 aromatic heterocycles. The van der Waals surface area contributed by atoms with E-state index < -0.39 is 11.6 Å². The maximum atomic E-state index is 13.0. The molecule has 2 aromatic rings. The summed E-state index contributed by atoms with van der Waals surface area (Å²) < 4.78 is 26.8. The van der Waals surface area contributed by atoms with Crippen molar-refractivity contribution >= 4 is 21.8 Å². The first-order chi connectivity index (χ1) is 9.97. The first-order valence-corrected chi connectivity index (χ1v) is 7.25. The summed E-state index contributed by atoms with van der Waals surface area (Å²) in [6.07, 6.45) is 0.365. The number of halogens is 3. The van der Waals surface area contributed by atoms with E-state index in [0.717, 1.165) is 16.1 Å². The third-order valence-corrected chi connectivity index (χ3v) is 4.11. The predicted octanol–water partition coefficient (Wildman–Crippen LogP) is 4.01. The molecule has 110 valence electrons. The van der Waals surface area contributed by atoms with Crippen LogP contribution in [0.3, 0.4) is 0 Å². The summed E-state index contributed by atoms with van der Waals surface area (Å²) in [7, 11) is 0. The number of carbonyl (C=O) groups is 1. The fourth-order valence-electron chi connectivity index (χ4n) is 1.99. The maximum Gasteiger partial charge on any atom is 0.252 e. The zero-order valence-corrected chi connectivity index (χ0v) is 13.0. The lowest BCUT2D eigenvalue weighted by atomic mass is 10.1. The Hall–Kier alpha value is -1.75. The number of rotatable bonds is 4. The van der Waals surface area contributed by atoms with Crippen LogP contribution in [0.15, 0.2) is 40.9 Å². The Kier molecular flexibility index (Phi) is 5.07. The van der Waals surface area contributed by atoms with E-state index in [1.165, 1.54) is 12.1 Å². The number of amides is 1. The quantitative estimate of drug-likeness (QED) is 0.883. The van der Waals surface area contributed by atoms with E-state index in [-0.39, 0.29) is 5.91 Å². The molecule has 0 saturated carbocycles. The van der Waals surface area contributed by atoms with Crippen molar-refractivity contribution in [3.05, 3.63) is 69.2 Å². The van der Waals surface area contributed by atoms with Gasteiger partial charge in [0.1, 0.15) is 11.6 Å². The van der Waals surface area contributed by atoms with Gasteiger partial charge in [0.15, 0.2) is 0 Å². The van der Waals surface area contributed by atoms with Crippen molar-refractivity contribution in [3.8, 4) is 0 Å². The normalized spacial score (nSPS) is 10.5. The SMILES string of the molecule is Cc1cccc(C(=O)NCCc2cc(F)cc(F)c2)c1Br. The highest BCUT2D eigenvalue weighted by molar-refractivity contribution is 9.10. The van der Waals surface area contributed by atoms with Crippen LogP contribution in [-0.2, 0) is 6.42 Å². The van der Waals surface area contributed by atoms with Gasteiger partial charge in [0.05, 0.1) is 5.56 Å². The molecule has 5 heteroatoms. The standard InChI is InChI=1S/C16H14BrF2NO/c1-10-3-2-4-14(15(10)17)16(21)20-6-5-11-7-12(18)9-13(19)8-11/h2-4,7-9H,5-6H2,1H3,(H,20,21). The van der Waals surface area contributed by atoms with E-state index in [1.807, 2.05) is 13.0 Å². The van der Waals surface area contributed by atoms with Gasteiger partial charge in [-0.05, 0) is 58.6 Å². The molecule has 21 heavy (non-hydrogen) atoms. The summed E-state index contributed by atoms with van der Waals surface area (Å²) in [5, 5.41) is 2.74. The molecular formula is C16H14BrF2NO. The fraction of sp³-hybridized carbons (Fsp3) is 0.188. The van der Waals surface area contributed by atoms with Crippen LogP contribution in [0.5, 0.6) is 0 Å². The van der Waals surface area contributed by atoms with Crippen LogP contribution in [0.25, 0.3) is 0 Å². The monoisotopic (exact) mass is 353 g/mol. The molecule has 0 unspecified atom stereocenters. The largest absolute Gasteiger partial charge is 0.352 e. The van der Waals surface area contributed by atoms with Crippen LogP contribution in [0, 0.1) is 18.6 Å². The molecular weight excluding hydrogens is 340 g/mol. The van der Waals surface area contributed by atoms with Crippen LogP contribution in [-0.4, -0.2) is 12.5 Å². The summed E-state index contributed by atoms with van der Waals surface area (Å²) in [6, 6.07) is 8.77. The van der Waals surface area contributed by atoms with Gasteiger partial charge >= 0.3 is 0 Å². The zero-order valence-electron chi connectivity index (χ0n) is 11.4. The van der Waals surface area contributed by atoms with Crippen molar-refractivity contribution in [1.29, 1.82) is 0 Å². The minimum Gasteiger partial charge on any atom is -0.352 e. The highest BCUT2D eigenvalue weighted by Gasteiger charge is 2.10. The lowest BCUT2D eigenvalue weighted by Gasteiger charge is -2.08. The van der Waals surface area contributed by atoms with E-state index >= 15 is 0 Å². The number of aryl methyl sites for hydroxylation is 1. The molecule has 0 aliphatic rings. The van der Waals surface area contributed by atoms with Crippen molar-refractivity contribution < 1.29 is 13.6 Å². The van der Waals surface area contributed by atoms with E-state index in [0.29, 0.717) is 24.1 Å². The number of hydrogen-bond acceptors (Lipinski definition) is 1. The number of carbonyl (C=O) groups excluding carboxylic acids is 1. The average molecular weight is 354 g/mol. The Labute approximate surface area is 130 Å². The second-order valence-electron chi connectivity index (χ2n) is 4.72. The Morgan fingerprint density at radius 3 is 2.52 bits per heavy atom. The third-order valence-electron chi connectivity index (χ3n) is 3.06. The van der Waals surface area contributed by atoms with Gasteiger partial charge in [-0.3, -0.25) is 4.79 Å². The van der Waals surface area contributed by atoms with Crippen LogP contribution in [0.1, 0.15) is 21.5 Å². The van der Waals surface area contributed by atoms with Crippen LogP contribution < -0.4 is 5.32 Å². The van der Waals surface area contributed by atoms with Gasteiger partial charge in [0.25, 0.3) is 5.91 Å². The zero-order chi connectivity index (χ0) is 15.4. The third kappa shape index (κ3) is 4.11. The van der Waals surface area contributed by atoms with Crippen LogP contribution >= 0.6 is 15.9 Å². The molecule has 0 atom stereocenters. The molecule has 0 aliphatic heterocycles. The summed E-state index contributed by atoms with van der Waals surface area (Å²) in [4.78, 5) is 12.1. The van der Waals surface area contributed by atoms with Crippen molar-refractivity contribution in [2.75, 3.05) is 6.54 Å². The Morgan fingerprint density at radius 2 is 1.86 bits per heavy atom. The van der Waals surface area contributed by atoms with Gasteiger partial charge in [-0.1, -0.05) is 12.1 Å². The van der Waals surface area contributed by atoms with Crippen molar-refractivity contribution in [3.63, 3.8) is 0 Å². The van der Waals surface area contributed by atoms with Crippen molar-refractivity contribution in [2.24, 2.45) is 0 Å². The summed E-state index contributed by atoms with van der Waals surface area (Å²) in [5.41, 5.74) is 2.02. The highest BCUT2D eigenvalue weighted by Crippen LogP contribution is 2.20. The molecule has 0 bridgehead atoms. The smallest absolute Gasteiger partial charge is 0.252 e. The fourth-order valence-corrected chi connectivity index (χ4v) is 2.44. The molecule has 2 aromatic carbocycles. The predicted molar refractivity (Wildman–Crippen MR) is 81.3 cm³/mol. The van der Waals surface area contributed by atoms with E-state index in [9.17, 15) is 13.6 Å². The van der Waals surface area contributed by atoms with Gasteiger partial charge in [-0.25, -0.2) is 8.78 Å². The second kappa shape index (κ2) is 6.80. The maximum absolute atomic E-state index is 13.0. The Bertz CT molecular complexity index is 653. The lowest BCUT2D eigenvalue weighted by molar-refractivity contribution is 0.0953. The minimum atomic E-state index is -0.613.